The summed E-state index contributed by atoms with van der Waals surface area (Å²) in [6.45, 7) is 2.63. The Bertz CT molecular complexity index is 630. The molecule has 2 aliphatic heterocycles. The molecule has 0 saturated carbocycles. The van der Waals surface area contributed by atoms with Crippen LogP contribution in [-0.4, -0.2) is 70.1 Å². The average Bonchev–Trinajstić information content (AvgIpc) is 2.99. The van der Waals surface area contributed by atoms with Crippen LogP contribution in [0.4, 0.5) is 0 Å². The molecule has 3 heterocycles. The summed E-state index contributed by atoms with van der Waals surface area (Å²) in [7, 11) is 0. The van der Waals surface area contributed by atoms with Gasteiger partial charge in [0.05, 0.1) is 6.61 Å². The molecule has 1 aromatic rings. The van der Waals surface area contributed by atoms with E-state index in [4.69, 9.17) is 9.47 Å². The topological polar surface area (TPSA) is 92.1 Å². The highest BCUT2D eigenvalue weighted by atomic mass is 16.6. The molecule has 2 fully saturated rings. The zero-order chi connectivity index (χ0) is 18.5. The van der Waals surface area contributed by atoms with Crippen molar-refractivity contribution >= 4 is 12.0 Å². The summed E-state index contributed by atoms with van der Waals surface area (Å²) in [5, 5.41) is 19.6. The molecular weight excluding hydrogens is 336 g/mol. The van der Waals surface area contributed by atoms with Crippen molar-refractivity contribution in [1.29, 1.82) is 0 Å². The first kappa shape index (κ1) is 18.8. The molecule has 2 aliphatic rings. The summed E-state index contributed by atoms with van der Waals surface area (Å²) in [6.07, 6.45) is 5.98. The number of hydrogen-bond acceptors (Lipinski definition) is 7. The second-order valence-electron chi connectivity index (χ2n) is 6.78. The van der Waals surface area contributed by atoms with Crippen molar-refractivity contribution in [3.8, 4) is 0 Å². The van der Waals surface area contributed by atoms with Crippen molar-refractivity contribution in [3.05, 3.63) is 35.8 Å². The largest absolute Gasteiger partial charge is 0.486 e. The zero-order valence-electron chi connectivity index (χ0n) is 15.0. The van der Waals surface area contributed by atoms with Gasteiger partial charge in [-0.1, -0.05) is 12.5 Å². The molecule has 0 spiro atoms. The molecule has 0 aliphatic carbocycles. The third-order valence-corrected chi connectivity index (χ3v) is 4.84. The number of hydrogen-bond donors (Lipinski definition) is 2. The summed E-state index contributed by atoms with van der Waals surface area (Å²) in [6, 6.07) is 3.46. The van der Waals surface area contributed by atoms with E-state index in [1.165, 1.54) is 13.3 Å². The Kier molecular flexibility index (Phi) is 6.24. The monoisotopic (exact) mass is 362 g/mol. The van der Waals surface area contributed by atoms with E-state index in [1.54, 1.807) is 12.4 Å². The second-order valence-corrected chi connectivity index (χ2v) is 6.78. The van der Waals surface area contributed by atoms with Crippen LogP contribution in [0.15, 0.2) is 30.3 Å². The minimum Gasteiger partial charge on any atom is -0.486 e. The predicted octanol–water partition coefficient (Wildman–Crippen LogP) is 0.961. The Morgan fingerprint density at radius 3 is 2.85 bits per heavy atom. The number of pyridine rings is 1. The molecule has 0 radical (unpaired) electrons. The number of rotatable bonds is 5. The van der Waals surface area contributed by atoms with Gasteiger partial charge in [0.2, 0.25) is 0 Å². The molecule has 0 unspecified atom stereocenters. The van der Waals surface area contributed by atoms with Gasteiger partial charge in [0.25, 0.3) is 0 Å². The van der Waals surface area contributed by atoms with Gasteiger partial charge in [-0.25, -0.2) is 0 Å². The fraction of sp³-hybridized carbons (Fsp3) is 0.579. The molecule has 2 N–H and O–H groups in total. The van der Waals surface area contributed by atoms with Crippen molar-refractivity contribution in [1.82, 2.24) is 9.88 Å². The molecule has 1 aromatic heterocycles. The van der Waals surface area contributed by atoms with E-state index in [1.807, 2.05) is 18.2 Å². The Hall–Kier alpha value is -1.96. The van der Waals surface area contributed by atoms with Gasteiger partial charge in [-0.05, 0) is 43.6 Å². The van der Waals surface area contributed by atoms with E-state index in [-0.39, 0.29) is 6.04 Å². The fourth-order valence-electron chi connectivity index (χ4n) is 3.69. The smallest absolute Gasteiger partial charge is 0.303 e. The van der Waals surface area contributed by atoms with Crippen LogP contribution in [0.3, 0.4) is 0 Å². The van der Waals surface area contributed by atoms with Gasteiger partial charge in [0.15, 0.2) is 12.2 Å². The lowest BCUT2D eigenvalue weighted by atomic mass is 9.98. The maximum Gasteiger partial charge on any atom is 0.303 e. The number of aliphatic hydroxyl groups excluding tert-OH is 2. The van der Waals surface area contributed by atoms with Gasteiger partial charge in [-0.15, -0.1) is 0 Å². The standard InChI is InChI=1S/C19H26N2O5/c1-13(23)25-19-17(21-8-3-2-4-9-21)16(26-18(19)15(24)12-22)10-14-6-5-7-20-11-14/h5-7,10-11,15,17-19,22,24H,2-4,8-9,12H2,1H3/b16-10-/t15-,17+,18-,19-/m1/s1. The van der Waals surface area contributed by atoms with E-state index >= 15 is 0 Å². The highest BCUT2D eigenvalue weighted by Crippen LogP contribution is 2.35. The lowest BCUT2D eigenvalue weighted by Crippen LogP contribution is -2.50. The molecule has 0 aromatic carbocycles. The summed E-state index contributed by atoms with van der Waals surface area (Å²) in [5.74, 6) is 0.196. The minimum atomic E-state index is -1.13. The third-order valence-electron chi connectivity index (χ3n) is 4.84. The van der Waals surface area contributed by atoms with Crippen LogP contribution in [0.5, 0.6) is 0 Å². The number of ether oxygens (including phenoxy) is 2. The Balaban J connectivity index is 1.96. The molecule has 26 heavy (non-hydrogen) atoms. The van der Waals surface area contributed by atoms with Crippen LogP contribution >= 0.6 is 0 Å². The van der Waals surface area contributed by atoms with Gasteiger partial charge < -0.3 is 19.7 Å². The first-order valence-corrected chi connectivity index (χ1v) is 9.08. The van der Waals surface area contributed by atoms with Crippen LogP contribution in [0, 0.1) is 0 Å². The summed E-state index contributed by atoms with van der Waals surface area (Å²) in [5.41, 5.74) is 0.866. The number of aliphatic hydroxyl groups is 2. The summed E-state index contributed by atoms with van der Waals surface area (Å²) >= 11 is 0. The van der Waals surface area contributed by atoms with E-state index < -0.39 is 30.9 Å². The molecule has 4 atom stereocenters. The first-order valence-electron chi connectivity index (χ1n) is 9.08. The molecule has 142 valence electrons. The number of carbonyl (C=O) groups excluding carboxylic acids is 1. The zero-order valence-corrected chi connectivity index (χ0v) is 15.0. The van der Waals surface area contributed by atoms with Crippen molar-refractivity contribution in [2.45, 2.75) is 50.5 Å². The number of aromatic nitrogens is 1. The number of nitrogens with zero attached hydrogens (tertiary/aromatic N) is 2. The van der Waals surface area contributed by atoms with E-state index in [0.717, 1.165) is 31.5 Å². The highest BCUT2D eigenvalue weighted by molar-refractivity contribution is 5.66. The lowest BCUT2D eigenvalue weighted by Gasteiger charge is -2.34. The number of piperidine rings is 1. The van der Waals surface area contributed by atoms with Crippen molar-refractivity contribution in [2.24, 2.45) is 0 Å². The normalized spacial score (nSPS) is 29.3. The van der Waals surface area contributed by atoms with Crippen LogP contribution in [0.25, 0.3) is 6.08 Å². The van der Waals surface area contributed by atoms with Gasteiger partial charge in [-0.2, -0.15) is 0 Å². The summed E-state index contributed by atoms with van der Waals surface area (Å²) < 4.78 is 11.5. The van der Waals surface area contributed by atoms with Crippen LogP contribution in [0.2, 0.25) is 0 Å². The third kappa shape index (κ3) is 4.23. The Labute approximate surface area is 153 Å². The molecule has 7 heteroatoms. The molecule has 7 nitrogen and oxygen atoms in total. The maximum atomic E-state index is 11.7. The maximum absolute atomic E-state index is 11.7. The summed E-state index contributed by atoms with van der Waals surface area (Å²) in [4.78, 5) is 18.0. The van der Waals surface area contributed by atoms with Crippen molar-refractivity contribution < 1.29 is 24.5 Å². The van der Waals surface area contributed by atoms with Crippen LogP contribution < -0.4 is 0 Å². The number of esters is 1. The Morgan fingerprint density at radius 2 is 2.23 bits per heavy atom. The second kappa shape index (κ2) is 8.62. The van der Waals surface area contributed by atoms with Gasteiger partial charge in [0, 0.05) is 19.3 Å². The predicted molar refractivity (Wildman–Crippen MR) is 94.9 cm³/mol. The number of likely N-dealkylation sites (tertiary alicyclic amines) is 1. The molecule has 0 amide bonds. The minimum absolute atomic E-state index is 0.286. The molecule has 3 rings (SSSR count). The van der Waals surface area contributed by atoms with Gasteiger partial charge in [0.1, 0.15) is 17.9 Å². The fourth-order valence-corrected chi connectivity index (χ4v) is 3.69. The van der Waals surface area contributed by atoms with Crippen LogP contribution in [0.1, 0.15) is 31.7 Å². The average molecular weight is 362 g/mol. The van der Waals surface area contributed by atoms with E-state index in [2.05, 4.69) is 9.88 Å². The van der Waals surface area contributed by atoms with Crippen molar-refractivity contribution in [2.75, 3.05) is 19.7 Å². The van der Waals surface area contributed by atoms with Gasteiger partial charge >= 0.3 is 5.97 Å². The van der Waals surface area contributed by atoms with E-state index in [0.29, 0.717) is 5.76 Å². The number of carbonyl (C=O) groups is 1. The van der Waals surface area contributed by atoms with E-state index in [9.17, 15) is 15.0 Å². The first-order chi connectivity index (χ1) is 12.6. The Morgan fingerprint density at radius 1 is 1.46 bits per heavy atom. The highest BCUT2D eigenvalue weighted by Gasteiger charge is 2.49. The molecule has 0 bridgehead atoms. The molecular formula is C19H26N2O5. The van der Waals surface area contributed by atoms with Gasteiger partial charge in [-0.3, -0.25) is 14.7 Å². The lowest BCUT2D eigenvalue weighted by molar-refractivity contribution is -0.156. The van der Waals surface area contributed by atoms with Crippen LogP contribution in [-0.2, 0) is 14.3 Å². The quantitative estimate of drug-likeness (QED) is 0.754. The molecule has 2 saturated heterocycles. The SMILES string of the molecule is CC(=O)O[C@H]1[C@@H]([C@H](O)CO)O/C(=C\c2cccnc2)[C@@H]1N1CCCCC1. The van der Waals surface area contributed by atoms with Crippen molar-refractivity contribution in [3.63, 3.8) is 0 Å².